The van der Waals surface area contributed by atoms with Gasteiger partial charge >= 0.3 is 0 Å². The first-order valence-electron chi connectivity index (χ1n) is 5.90. The summed E-state index contributed by atoms with van der Waals surface area (Å²) in [6.45, 7) is 4.80. The van der Waals surface area contributed by atoms with E-state index in [4.69, 9.17) is 4.74 Å². The first-order valence-corrected chi connectivity index (χ1v) is 5.90. The van der Waals surface area contributed by atoms with Gasteiger partial charge < -0.3 is 10.1 Å². The third-order valence-corrected chi connectivity index (χ3v) is 2.81. The van der Waals surface area contributed by atoms with Crippen molar-refractivity contribution in [3.8, 4) is 11.6 Å². The van der Waals surface area contributed by atoms with Crippen LogP contribution in [0.3, 0.4) is 0 Å². The summed E-state index contributed by atoms with van der Waals surface area (Å²) in [7, 11) is 1.88. The van der Waals surface area contributed by atoms with E-state index in [1.54, 1.807) is 12.4 Å². The molecule has 0 aliphatic heterocycles. The molecule has 0 fully saturated rings. The van der Waals surface area contributed by atoms with Gasteiger partial charge in [0.15, 0.2) is 0 Å². The summed E-state index contributed by atoms with van der Waals surface area (Å²) < 4.78 is 5.73. The van der Waals surface area contributed by atoms with Crippen LogP contribution in [0.25, 0.3) is 0 Å². The molecule has 0 radical (unpaired) electrons. The zero-order valence-corrected chi connectivity index (χ0v) is 10.9. The standard InChI is InChI=1S/C14H17N3O/c1-10-5-4-6-13(11(10)2)18-14-9-16-12(7-15-3)8-17-14/h4-6,8-9,15H,7H2,1-3H3. The number of hydrogen-bond acceptors (Lipinski definition) is 4. The molecular weight excluding hydrogens is 226 g/mol. The Morgan fingerprint density at radius 3 is 2.67 bits per heavy atom. The maximum Gasteiger partial charge on any atom is 0.237 e. The zero-order valence-electron chi connectivity index (χ0n) is 10.9. The maximum atomic E-state index is 5.73. The first-order chi connectivity index (χ1) is 8.70. The lowest BCUT2D eigenvalue weighted by Crippen LogP contribution is -2.07. The highest BCUT2D eigenvalue weighted by Crippen LogP contribution is 2.24. The summed E-state index contributed by atoms with van der Waals surface area (Å²) in [6, 6.07) is 5.97. The number of nitrogens with zero attached hydrogens (tertiary/aromatic N) is 2. The molecule has 1 aromatic carbocycles. The molecule has 94 valence electrons. The van der Waals surface area contributed by atoms with Gasteiger partial charge in [0.25, 0.3) is 0 Å². The minimum Gasteiger partial charge on any atom is -0.437 e. The van der Waals surface area contributed by atoms with Gasteiger partial charge in [0.1, 0.15) is 5.75 Å². The number of nitrogens with one attached hydrogen (secondary N) is 1. The van der Waals surface area contributed by atoms with Crippen molar-refractivity contribution in [3.05, 3.63) is 47.4 Å². The van der Waals surface area contributed by atoms with Crippen LogP contribution in [-0.4, -0.2) is 17.0 Å². The first kappa shape index (κ1) is 12.5. The van der Waals surface area contributed by atoms with E-state index in [2.05, 4.69) is 28.3 Å². The molecule has 0 unspecified atom stereocenters. The van der Waals surface area contributed by atoms with E-state index < -0.39 is 0 Å². The summed E-state index contributed by atoms with van der Waals surface area (Å²) in [5.74, 6) is 1.34. The van der Waals surface area contributed by atoms with Gasteiger partial charge in [-0.1, -0.05) is 12.1 Å². The van der Waals surface area contributed by atoms with Crippen molar-refractivity contribution in [2.45, 2.75) is 20.4 Å². The summed E-state index contributed by atoms with van der Waals surface area (Å²) in [5.41, 5.74) is 3.22. The average molecular weight is 243 g/mol. The van der Waals surface area contributed by atoms with Crippen LogP contribution in [0, 0.1) is 13.8 Å². The van der Waals surface area contributed by atoms with Gasteiger partial charge in [0.2, 0.25) is 5.88 Å². The molecule has 18 heavy (non-hydrogen) atoms. The summed E-state index contributed by atoms with van der Waals surface area (Å²) in [4.78, 5) is 8.51. The predicted octanol–water partition coefficient (Wildman–Crippen LogP) is 2.61. The highest BCUT2D eigenvalue weighted by molar-refractivity contribution is 5.39. The molecule has 1 heterocycles. The van der Waals surface area contributed by atoms with Crippen LogP contribution in [0.4, 0.5) is 0 Å². The van der Waals surface area contributed by atoms with Crippen molar-refractivity contribution in [2.24, 2.45) is 0 Å². The Hall–Kier alpha value is -1.94. The number of benzene rings is 1. The summed E-state index contributed by atoms with van der Waals surface area (Å²) in [5, 5.41) is 3.03. The van der Waals surface area contributed by atoms with Crippen molar-refractivity contribution in [1.82, 2.24) is 15.3 Å². The molecule has 0 spiro atoms. The lowest BCUT2D eigenvalue weighted by Gasteiger charge is -2.09. The minimum atomic E-state index is 0.517. The quantitative estimate of drug-likeness (QED) is 0.896. The van der Waals surface area contributed by atoms with Gasteiger partial charge in [-0.05, 0) is 38.1 Å². The van der Waals surface area contributed by atoms with E-state index in [9.17, 15) is 0 Å². The monoisotopic (exact) mass is 243 g/mol. The van der Waals surface area contributed by atoms with Crippen molar-refractivity contribution in [2.75, 3.05) is 7.05 Å². The molecule has 0 aliphatic carbocycles. The molecule has 4 nitrogen and oxygen atoms in total. The molecular formula is C14H17N3O. The molecule has 0 saturated carbocycles. The Kier molecular flexibility index (Phi) is 3.89. The van der Waals surface area contributed by atoms with Gasteiger partial charge in [-0.3, -0.25) is 4.98 Å². The predicted molar refractivity (Wildman–Crippen MR) is 70.8 cm³/mol. The van der Waals surface area contributed by atoms with E-state index in [0.717, 1.165) is 17.0 Å². The Morgan fingerprint density at radius 1 is 1.17 bits per heavy atom. The molecule has 0 aliphatic rings. The normalized spacial score (nSPS) is 10.4. The van der Waals surface area contributed by atoms with Crippen LogP contribution in [0.15, 0.2) is 30.6 Å². The SMILES string of the molecule is CNCc1cnc(Oc2cccc(C)c2C)cn1. The van der Waals surface area contributed by atoms with Crippen molar-refractivity contribution < 1.29 is 4.74 Å². The third-order valence-electron chi connectivity index (χ3n) is 2.81. The lowest BCUT2D eigenvalue weighted by molar-refractivity contribution is 0.455. The van der Waals surface area contributed by atoms with Crippen LogP contribution in [0.5, 0.6) is 11.6 Å². The average Bonchev–Trinajstić information content (AvgIpc) is 2.38. The largest absolute Gasteiger partial charge is 0.437 e. The maximum absolute atomic E-state index is 5.73. The smallest absolute Gasteiger partial charge is 0.237 e. The molecule has 1 aromatic heterocycles. The fourth-order valence-corrected chi connectivity index (χ4v) is 1.62. The van der Waals surface area contributed by atoms with Gasteiger partial charge in [-0.15, -0.1) is 0 Å². The van der Waals surface area contributed by atoms with Crippen molar-refractivity contribution in [1.29, 1.82) is 0 Å². The molecule has 4 heteroatoms. The van der Waals surface area contributed by atoms with Crippen LogP contribution in [0.1, 0.15) is 16.8 Å². The third kappa shape index (κ3) is 2.84. The molecule has 0 amide bonds. The number of hydrogen-bond donors (Lipinski definition) is 1. The zero-order chi connectivity index (χ0) is 13.0. The Morgan fingerprint density at radius 2 is 2.00 bits per heavy atom. The van der Waals surface area contributed by atoms with E-state index >= 15 is 0 Å². The fraction of sp³-hybridized carbons (Fsp3) is 0.286. The second-order valence-corrected chi connectivity index (χ2v) is 4.18. The summed E-state index contributed by atoms with van der Waals surface area (Å²) in [6.07, 6.45) is 3.37. The van der Waals surface area contributed by atoms with E-state index in [1.807, 2.05) is 26.1 Å². The van der Waals surface area contributed by atoms with Gasteiger partial charge in [0, 0.05) is 6.54 Å². The highest BCUT2D eigenvalue weighted by Gasteiger charge is 2.04. The van der Waals surface area contributed by atoms with Gasteiger partial charge in [-0.2, -0.15) is 0 Å². The number of aromatic nitrogens is 2. The molecule has 0 bridgehead atoms. The van der Waals surface area contributed by atoms with Crippen molar-refractivity contribution >= 4 is 0 Å². The molecule has 2 rings (SSSR count). The van der Waals surface area contributed by atoms with Gasteiger partial charge in [-0.25, -0.2) is 4.98 Å². The fourth-order valence-electron chi connectivity index (χ4n) is 1.62. The Bertz CT molecular complexity index is 523. The minimum absolute atomic E-state index is 0.517. The van der Waals surface area contributed by atoms with Crippen LogP contribution < -0.4 is 10.1 Å². The number of ether oxygens (including phenoxy) is 1. The molecule has 2 aromatic rings. The van der Waals surface area contributed by atoms with Crippen LogP contribution >= 0.6 is 0 Å². The lowest BCUT2D eigenvalue weighted by atomic mass is 10.1. The Balaban J connectivity index is 2.16. The van der Waals surface area contributed by atoms with E-state index in [-0.39, 0.29) is 0 Å². The van der Waals surface area contributed by atoms with Crippen LogP contribution in [-0.2, 0) is 6.54 Å². The van der Waals surface area contributed by atoms with E-state index in [0.29, 0.717) is 12.4 Å². The topological polar surface area (TPSA) is 47.0 Å². The second-order valence-electron chi connectivity index (χ2n) is 4.18. The molecule has 0 saturated heterocycles. The second kappa shape index (κ2) is 5.60. The number of aryl methyl sites for hydroxylation is 1. The number of rotatable bonds is 4. The summed E-state index contributed by atoms with van der Waals surface area (Å²) >= 11 is 0. The van der Waals surface area contributed by atoms with Crippen LogP contribution in [0.2, 0.25) is 0 Å². The van der Waals surface area contributed by atoms with Crippen molar-refractivity contribution in [3.63, 3.8) is 0 Å². The van der Waals surface area contributed by atoms with Gasteiger partial charge in [0.05, 0.1) is 18.1 Å². The molecule has 0 atom stereocenters. The Labute approximate surface area is 107 Å². The highest BCUT2D eigenvalue weighted by atomic mass is 16.5. The molecule has 1 N–H and O–H groups in total. The van der Waals surface area contributed by atoms with E-state index in [1.165, 1.54) is 5.56 Å².